The molecule has 312 valence electrons. The van der Waals surface area contributed by atoms with E-state index in [1.165, 1.54) is 0 Å². The second kappa shape index (κ2) is 24.7. The molecule has 0 fully saturated rings. The molecule has 1 aliphatic rings. The zero-order valence-corrected chi connectivity index (χ0v) is 35.6. The quantitative estimate of drug-likeness (QED) is 0.0642. The lowest BCUT2D eigenvalue weighted by Gasteiger charge is -2.15. The minimum Gasteiger partial charge on any atom is -0.462 e. The number of unbranched alkanes of at least 4 members (excludes halogenated alkanes) is 3. The molecule has 1 aliphatic carbocycles. The van der Waals surface area contributed by atoms with Gasteiger partial charge in [-0.1, -0.05) is 130 Å². The minimum absolute atomic E-state index is 0.183. The molecule has 0 N–H and O–H groups in total. The van der Waals surface area contributed by atoms with E-state index in [0.717, 1.165) is 77.0 Å². The monoisotopic (exact) mass is 792 g/mol. The Balaban J connectivity index is 1.56. The SMILES string of the molecule is CCCCC(CC)COC(=O)C1=CCC(=Nc2nc(-c3ccc(C(=O)OCC(CC)CCCC)cc3)nc(-c3ccc(C(=O)OCC(CC)CCCC)cc3)n2)C=C1. The number of aliphatic imine (C=N–C) groups is 1. The summed E-state index contributed by atoms with van der Waals surface area (Å²) in [6.07, 6.45) is 18.4. The van der Waals surface area contributed by atoms with Gasteiger partial charge in [0.2, 0.25) is 0 Å². The average Bonchev–Trinajstić information content (AvgIpc) is 3.26. The van der Waals surface area contributed by atoms with Crippen LogP contribution in [0.15, 0.2) is 77.3 Å². The summed E-state index contributed by atoms with van der Waals surface area (Å²) in [5.74, 6) is 0.904. The number of carbonyl (C=O) groups is 3. The molecule has 1 heterocycles. The van der Waals surface area contributed by atoms with Crippen molar-refractivity contribution in [1.82, 2.24) is 15.0 Å². The highest BCUT2D eigenvalue weighted by Crippen LogP contribution is 2.26. The maximum Gasteiger partial charge on any atom is 0.338 e. The summed E-state index contributed by atoms with van der Waals surface area (Å²) in [5.41, 5.74) is 3.38. The Labute approximate surface area is 346 Å². The van der Waals surface area contributed by atoms with E-state index in [9.17, 15) is 14.4 Å². The first-order chi connectivity index (χ1) is 28.2. The summed E-state index contributed by atoms with van der Waals surface area (Å²) in [5, 5.41) is 0. The van der Waals surface area contributed by atoms with E-state index in [1.54, 1.807) is 60.7 Å². The third-order valence-electron chi connectivity index (χ3n) is 10.8. The summed E-state index contributed by atoms with van der Waals surface area (Å²) in [6, 6.07) is 14.0. The number of rotatable bonds is 24. The summed E-state index contributed by atoms with van der Waals surface area (Å²) < 4.78 is 17.0. The molecule has 0 amide bonds. The van der Waals surface area contributed by atoms with Gasteiger partial charge in [0.05, 0.1) is 36.5 Å². The van der Waals surface area contributed by atoms with Crippen molar-refractivity contribution in [1.29, 1.82) is 0 Å². The zero-order chi connectivity index (χ0) is 41.7. The van der Waals surface area contributed by atoms with Crippen LogP contribution in [0.1, 0.15) is 146 Å². The number of allylic oxidation sites excluding steroid dienone is 2. The van der Waals surface area contributed by atoms with Crippen molar-refractivity contribution in [2.45, 2.75) is 125 Å². The zero-order valence-electron chi connectivity index (χ0n) is 35.6. The molecule has 0 saturated heterocycles. The van der Waals surface area contributed by atoms with Crippen LogP contribution in [0.4, 0.5) is 5.95 Å². The number of nitrogens with zero attached hydrogens (tertiary/aromatic N) is 4. The summed E-state index contributed by atoms with van der Waals surface area (Å²) in [4.78, 5) is 57.7. The fourth-order valence-corrected chi connectivity index (χ4v) is 6.61. The van der Waals surface area contributed by atoms with Crippen LogP contribution in [0.5, 0.6) is 0 Å². The smallest absolute Gasteiger partial charge is 0.338 e. The van der Waals surface area contributed by atoms with Crippen molar-refractivity contribution < 1.29 is 28.6 Å². The van der Waals surface area contributed by atoms with Crippen LogP contribution in [-0.2, 0) is 19.0 Å². The van der Waals surface area contributed by atoms with E-state index in [2.05, 4.69) is 41.5 Å². The van der Waals surface area contributed by atoms with Gasteiger partial charge in [-0.05, 0) is 73.4 Å². The van der Waals surface area contributed by atoms with Gasteiger partial charge in [-0.15, -0.1) is 0 Å². The number of aromatic nitrogens is 3. The first kappa shape index (κ1) is 45.7. The topological polar surface area (TPSA) is 130 Å². The van der Waals surface area contributed by atoms with Gasteiger partial charge < -0.3 is 14.2 Å². The normalized spacial score (nSPS) is 14.7. The van der Waals surface area contributed by atoms with Gasteiger partial charge >= 0.3 is 17.9 Å². The van der Waals surface area contributed by atoms with Crippen molar-refractivity contribution >= 4 is 29.6 Å². The van der Waals surface area contributed by atoms with Crippen LogP contribution in [0.3, 0.4) is 0 Å². The maximum atomic E-state index is 12.9. The fourth-order valence-electron chi connectivity index (χ4n) is 6.61. The van der Waals surface area contributed by atoms with Crippen LogP contribution >= 0.6 is 0 Å². The van der Waals surface area contributed by atoms with E-state index >= 15 is 0 Å². The molecule has 0 radical (unpaired) electrons. The predicted molar refractivity (Wildman–Crippen MR) is 231 cm³/mol. The van der Waals surface area contributed by atoms with Crippen LogP contribution in [0.25, 0.3) is 22.8 Å². The van der Waals surface area contributed by atoms with Crippen LogP contribution in [0.2, 0.25) is 0 Å². The largest absolute Gasteiger partial charge is 0.462 e. The Bertz CT molecular complexity index is 1760. The molecule has 0 aliphatic heterocycles. The number of hydrogen-bond acceptors (Lipinski definition) is 10. The second-order valence-corrected chi connectivity index (χ2v) is 15.3. The Morgan fingerprint density at radius 3 is 1.34 bits per heavy atom. The highest BCUT2D eigenvalue weighted by Gasteiger charge is 2.18. The van der Waals surface area contributed by atoms with Gasteiger partial charge in [-0.25, -0.2) is 24.4 Å². The number of esters is 3. The van der Waals surface area contributed by atoms with E-state index < -0.39 is 0 Å². The molecule has 10 nitrogen and oxygen atoms in total. The highest BCUT2D eigenvalue weighted by molar-refractivity contribution is 6.03. The molecular formula is C48H64N4O6. The van der Waals surface area contributed by atoms with Gasteiger partial charge in [-0.2, -0.15) is 9.97 Å². The predicted octanol–water partition coefficient (Wildman–Crippen LogP) is 11.7. The van der Waals surface area contributed by atoms with Crippen molar-refractivity contribution in [3.8, 4) is 22.8 Å². The molecule has 0 spiro atoms. The minimum atomic E-state index is -0.364. The molecule has 3 unspecified atom stereocenters. The summed E-state index contributed by atoms with van der Waals surface area (Å²) in [7, 11) is 0. The van der Waals surface area contributed by atoms with Crippen molar-refractivity contribution in [3.05, 3.63) is 83.5 Å². The van der Waals surface area contributed by atoms with Crippen LogP contribution in [0, 0.1) is 17.8 Å². The molecule has 3 aromatic rings. The summed E-state index contributed by atoms with van der Waals surface area (Å²) in [6.45, 7) is 14.1. The van der Waals surface area contributed by atoms with Gasteiger partial charge in [-0.3, -0.25) is 0 Å². The van der Waals surface area contributed by atoms with Gasteiger partial charge in [0.1, 0.15) is 0 Å². The lowest BCUT2D eigenvalue weighted by atomic mass is 10.0. The third-order valence-corrected chi connectivity index (χ3v) is 10.8. The van der Waals surface area contributed by atoms with E-state index in [1.807, 2.05) is 6.08 Å². The molecule has 0 saturated carbocycles. The Morgan fingerprint density at radius 1 is 0.569 bits per heavy atom. The Morgan fingerprint density at radius 2 is 0.983 bits per heavy atom. The Kier molecular flexibility index (Phi) is 19.5. The van der Waals surface area contributed by atoms with Crippen molar-refractivity contribution in [3.63, 3.8) is 0 Å². The second-order valence-electron chi connectivity index (χ2n) is 15.3. The van der Waals surface area contributed by atoms with E-state index in [-0.39, 0.29) is 23.9 Å². The number of ether oxygens (including phenoxy) is 3. The fraction of sp³-hybridized carbons (Fsp3) is 0.521. The lowest BCUT2D eigenvalue weighted by molar-refractivity contribution is -0.140. The van der Waals surface area contributed by atoms with Gasteiger partial charge in [0.15, 0.2) is 11.6 Å². The molecule has 3 atom stereocenters. The molecule has 2 aromatic carbocycles. The Hall–Kier alpha value is -4.99. The molecule has 10 heteroatoms. The highest BCUT2D eigenvalue weighted by atomic mass is 16.5. The first-order valence-electron chi connectivity index (χ1n) is 21.7. The lowest BCUT2D eigenvalue weighted by Crippen LogP contribution is -2.16. The van der Waals surface area contributed by atoms with Crippen molar-refractivity contribution in [2.24, 2.45) is 22.7 Å². The molecular weight excluding hydrogens is 729 g/mol. The molecule has 58 heavy (non-hydrogen) atoms. The number of hydrogen-bond donors (Lipinski definition) is 0. The third kappa shape index (κ3) is 14.4. The number of benzene rings is 2. The van der Waals surface area contributed by atoms with E-state index in [4.69, 9.17) is 34.2 Å². The first-order valence-corrected chi connectivity index (χ1v) is 21.7. The van der Waals surface area contributed by atoms with Gasteiger partial charge in [0.25, 0.3) is 5.95 Å². The maximum absolute atomic E-state index is 12.9. The van der Waals surface area contributed by atoms with Gasteiger partial charge in [0, 0.05) is 23.3 Å². The molecule has 0 bridgehead atoms. The number of carbonyl (C=O) groups excluding carboxylic acids is 3. The van der Waals surface area contributed by atoms with Crippen LogP contribution < -0.4 is 0 Å². The average molecular weight is 793 g/mol. The van der Waals surface area contributed by atoms with Crippen molar-refractivity contribution in [2.75, 3.05) is 19.8 Å². The standard InChI is InChI=1S/C48H64N4O6/c1-7-13-16-34(10-4)31-56-45(53)39-23-19-37(20-24-39)43-50-44(38-21-25-40(26-22-38)46(54)57-32-35(11-5)17-14-8-2)52-48(51-43)49-42-29-27-41(28-30-42)47(55)58-33-36(12-6)18-15-9-3/h19-29,34-36H,7-18,30-33H2,1-6H3. The molecule has 4 rings (SSSR count). The molecule has 1 aromatic heterocycles. The van der Waals surface area contributed by atoms with Crippen LogP contribution in [-0.4, -0.2) is 58.4 Å². The van der Waals surface area contributed by atoms with E-state index in [0.29, 0.717) is 89.2 Å². The summed E-state index contributed by atoms with van der Waals surface area (Å²) >= 11 is 0.